The summed E-state index contributed by atoms with van der Waals surface area (Å²) in [6, 6.07) is 4.99. The smallest absolute Gasteiger partial charge is 0.338 e. The number of nitrogens with one attached hydrogen (secondary N) is 2. The lowest BCUT2D eigenvalue weighted by atomic mass is 9.94. The molecule has 0 bridgehead atoms. The van der Waals surface area contributed by atoms with Crippen molar-refractivity contribution in [2.75, 3.05) is 10.6 Å². The standard InChI is InChI=1S/C23H23N5O4S2/c1-13-6-7-18(17(8-13)19(29)14-4-2-3-5-14)27-21(32)28-23-26-16(12-34-23)11-33-22-24-9-15(10-25-22)20(30)31/h6-10,12,14H,2-5,11H2,1H3,(H,30,31)(H2,26,27,28,32). The third-order valence-electron chi connectivity index (χ3n) is 5.41. The van der Waals surface area contributed by atoms with Gasteiger partial charge in [0.05, 0.1) is 16.9 Å². The number of anilines is 2. The number of thiazole rings is 1. The Balaban J connectivity index is 1.35. The van der Waals surface area contributed by atoms with Crippen LogP contribution in [0.3, 0.4) is 0 Å². The molecule has 2 amide bonds. The number of nitrogens with zero attached hydrogens (tertiary/aromatic N) is 3. The van der Waals surface area contributed by atoms with Gasteiger partial charge in [-0.15, -0.1) is 11.3 Å². The summed E-state index contributed by atoms with van der Waals surface area (Å²) in [6.07, 6.45) is 6.44. The van der Waals surface area contributed by atoms with Crippen molar-refractivity contribution in [3.63, 3.8) is 0 Å². The summed E-state index contributed by atoms with van der Waals surface area (Å²) in [5.74, 6) is -0.507. The van der Waals surface area contributed by atoms with Crippen LogP contribution < -0.4 is 10.6 Å². The third-order valence-corrected chi connectivity index (χ3v) is 7.13. The van der Waals surface area contributed by atoms with Gasteiger partial charge < -0.3 is 10.4 Å². The molecule has 1 aliphatic carbocycles. The molecule has 1 saturated carbocycles. The highest BCUT2D eigenvalue weighted by Crippen LogP contribution is 2.31. The van der Waals surface area contributed by atoms with E-state index in [0.29, 0.717) is 27.3 Å². The molecule has 2 heterocycles. The molecule has 0 radical (unpaired) electrons. The zero-order chi connectivity index (χ0) is 24.1. The number of benzene rings is 1. The van der Waals surface area contributed by atoms with Gasteiger partial charge in [-0.3, -0.25) is 10.1 Å². The lowest BCUT2D eigenvalue weighted by Crippen LogP contribution is -2.22. The first kappa shape index (κ1) is 23.8. The van der Waals surface area contributed by atoms with Crippen molar-refractivity contribution >= 4 is 51.7 Å². The van der Waals surface area contributed by atoms with E-state index in [0.717, 1.165) is 36.9 Å². The molecule has 1 aliphatic rings. The van der Waals surface area contributed by atoms with Crippen LogP contribution >= 0.6 is 23.1 Å². The summed E-state index contributed by atoms with van der Waals surface area (Å²) < 4.78 is 0. The van der Waals surface area contributed by atoms with Gasteiger partial charge in [0.2, 0.25) is 0 Å². The molecule has 0 saturated heterocycles. The first-order chi connectivity index (χ1) is 16.4. The van der Waals surface area contributed by atoms with Gasteiger partial charge in [-0.2, -0.15) is 0 Å². The molecule has 34 heavy (non-hydrogen) atoms. The number of hydrogen-bond acceptors (Lipinski definition) is 8. The normalized spacial score (nSPS) is 13.6. The van der Waals surface area contributed by atoms with Crippen LogP contribution in [0, 0.1) is 12.8 Å². The van der Waals surface area contributed by atoms with E-state index < -0.39 is 12.0 Å². The Kier molecular flexibility index (Phi) is 7.53. The minimum absolute atomic E-state index is 0.0220. The first-order valence-electron chi connectivity index (χ1n) is 10.7. The number of aromatic nitrogens is 3. The van der Waals surface area contributed by atoms with Gasteiger partial charge in [-0.25, -0.2) is 24.5 Å². The van der Waals surface area contributed by atoms with E-state index in [4.69, 9.17) is 5.11 Å². The first-order valence-corrected chi connectivity index (χ1v) is 12.6. The van der Waals surface area contributed by atoms with E-state index in [1.807, 2.05) is 24.4 Å². The minimum Gasteiger partial charge on any atom is -0.478 e. The Bertz CT molecular complexity index is 1210. The number of ketones is 1. The number of thioether (sulfide) groups is 1. The van der Waals surface area contributed by atoms with E-state index in [9.17, 15) is 14.4 Å². The number of Topliss-reactive ketones (excluding diaryl/α,β-unsaturated/α-hetero) is 1. The SMILES string of the molecule is Cc1ccc(NC(=O)Nc2nc(CSc3ncc(C(=O)O)cn3)cs2)c(C(=O)C2CCCC2)c1. The Labute approximate surface area is 204 Å². The van der Waals surface area contributed by atoms with Crippen molar-refractivity contribution in [3.05, 3.63) is 58.4 Å². The van der Waals surface area contributed by atoms with Crippen molar-refractivity contribution < 1.29 is 19.5 Å². The van der Waals surface area contributed by atoms with Crippen molar-refractivity contribution in [2.45, 2.75) is 43.5 Å². The second kappa shape index (κ2) is 10.7. The van der Waals surface area contributed by atoms with Crippen LogP contribution in [0.5, 0.6) is 0 Å². The van der Waals surface area contributed by atoms with Gasteiger partial charge in [0.15, 0.2) is 16.1 Å². The van der Waals surface area contributed by atoms with Crippen LogP contribution in [-0.2, 0) is 5.75 Å². The molecule has 176 valence electrons. The van der Waals surface area contributed by atoms with E-state index >= 15 is 0 Å². The monoisotopic (exact) mass is 497 g/mol. The molecule has 1 fully saturated rings. The Morgan fingerprint density at radius 2 is 1.88 bits per heavy atom. The lowest BCUT2D eigenvalue weighted by Gasteiger charge is -2.14. The van der Waals surface area contributed by atoms with Gasteiger partial charge >= 0.3 is 12.0 Å². The van der Waals surface area contributed by atoms with Crippen LogP contribution in [0.15, 0.2) is 41.1 Å². The highest BCUT2D eigenvalue weighted by Gasteiger charge is 2.26. The van der Waals surface area contributed by atoms with Crippen LogP contribution in [0.25, 0.3) is 0 Å². The number of carboxylic acid groups (broad SMARTS) is 1. The molecule has 0 spiro atoms. The number of carbonyl (C=O) groups is 3. The molecule has 2 aromatic heterocycles. The second-order valence-corrected chi connectivity index (χ2v) is 9.77. The Morgan fingerprint density at radius 1 is 1.15 bits per heavy atom. The predicted molar refractivity (Wildman–Crippen MR) is 131 cm³/mol. The van der Waals surface area contributed by atoms with E-state index in [2.05, 4.69) is 25.6 Å². The molecular weight excluding hydrogens is 474 g/mol. The van der Waals surface area contributed by atoms with Gasteiger partial charge in [-0.05, 0) is 31.9 Å². The molecule has 11 heteroatoms. The molecule has 3 N–H and O–H groups in total. The number of carboxylic acids is 1. The molecule has 0 unspecified atom stereocenters. The highest BCUT2D eigenvalue weighted by molar-refractivity contribution is 7.98. The van der Waals surface area contributed by atoms with Crippen LogP contribution in [0.4, 0.5) is 15.6 Å². The Morgan fingerprint density at radius 3 is 2.59 bits per heavy atom. The number of hydrogen-bond donors (Lipinski definition) is 3. The molecule has 4 rings (SSSR count). The number of rotatable bonds is 8. The molecule has 9 nitrogen and oxygen atoms in total. The van der Waals surface area contributed by atoms with Gasteiger partial charge in [0.25, 0.3) is 0 Å². The fourth-order valence-electron chi connectivity index (χ4n) is 3.70. The fraction of sp³-hybridized carbons (Fsp3) is 0.304. The summed E-state index contributed by atoms with van der Waals surface area (Å²) in [4.78, 5) is 48.9. The quantitative estimate of drug-likeness (QED) is 0.218. The van der Waals surface area contributed by atoms with Crippen molar-refractivity contribution in [3.8, 4) is 0 Å². The molecular formula is C23H23N5O4S2. The number of amides is 2. The second-order valence-electron chi connectivity index (χ2n) is 7.97. The van der Waals surface area contributed by atoms with Crippen LogP contribution in [-0.4, -0.2) is 37.8 Å². The van der Waals surface area contributed by atoms with Crippen molar-refractivity contribution in [1.29, 1.82) is 0 Å². The average molecular weight is 498 g/mol. The number of carbonyl (C=O) groups excluding carboxylic acids is 2. The zero-order valence-corrected chi connectivity index (χ0v) is 20.0. The summed E-state index contributed by atoms with van der Waals surface area (Å²) in [5.41, 5.74) is 2.76. The Hall–Kier alpha value is -3.31. The highest BCUT2D eigenvalue weighted by atomic mass is 32.2. The maximum Gasteiger partial charge on any atom is 0.338 e. The zero-order valence-electron chi connectivity index (χ0n) is 18.4. The van der Waals surface area contributed by atoms with Gasteiger partial charge in [0, 0.05) is 35.0 Å². The lowest BCUT2D eigenvalue weighted by molar-refractivity contribution is 0.0695. The largest absolute Gasteiger partial charge is 0.478 e. The van der Waals surface area contributed by atoms with Gasteiger partial charge in [-0.1, -0.05) is 36.2 Å². The summed E-state index contributed by atoms with van der Waals surface area (Å²) >= 11 is 2.59. The number of aryl methyl sites for hydroxylation is 1. The van der Waals surface area contributed by atoms with Crippen molar-refractivity contribution in [2.24, 2.45) is 5.92 Å². The topological polar surface area (TPSA) is 134 Å². The van der Waals surface area contributed by atoms with Gasteiger partial charge in [0.1, 0.15) is 0 Å². The van der Waals surface area contributed by atoms with E-state index in [1.165, 1.54) is 35.5 Å². The van der Waals surface area contributed by atoms with Crippen LogP contribution in [0.2, 0.25) is 0 Å². The maximum atomic E-state index is 13.0. The molecule has 0 aliphatic heterocycles. The van der Waals surface area contributed by atoms with Crippen LogP contribution in [0.1, 0.15) is 57.7 Å². The predicted octanol–water partition coefficient (Wildman–Crippen LogP) is 5.25. The van der Waals surface area contributed by atoms with Crippen molar-refractivity contribution in [1.82, 2.24) is 15.0 Å². The minimum atomic E-state index is -1.08. The summed E-state index contributed by atoms with van der Waals surface area (Å²) in [7, 11) is 0. The average Bonchev–Trinajstić information content (AvgIpc) is 3.51. The number of aromatic carboxylic acids is 1. The third kappa shape index (κ3) is 5.97. The molecule has 1 aromatic carbocycles. The van der Waals surface area contributed by atoms with E-state index in [1.54, 1.807) is 6.07 Å². The number of urea groups is 1. The van der Waals surface area contributed by atoms with E-state index in [-0.39, 0.29) is 17.3 Å². The molecule has 3 aromatic rings. The maximum absolute atomic E-state index is 13.0. The fourth-order valence-corrected chi connectivity index (χ4v) is 5.19. The summed E-state index contributed by atoms with van der Waals surface area (Å²) in [6.45, 7) is 1.93. The summed E-state index contributed by atoms with van der Waals surface area (Å²) in [5, 5.41) is 17.1. The molecule has 0 atom stereocenters.